The van der Waals surface area contributed by atoms with Gasteiger partial charge in [-0.1, -0.05) is 12.1 Å². The highest BCUT2D eigenvalue weighted by Gasteiger charge is 2.34. The summed E-state index contributed by atoms with van der Waals surface area (Å²) in [7, 11) is -1.27. The zero-order valence-corrected chi connectivity index (χ0v) is 26.0. The summed E-state index contributed by atoms with van der Waals surface area (Å²) in [6.45, 7) is 7.57. The van der Waals surface area contributed by atoms with E-state index in [2.05, 4.69) is 29.6 Å². The fourth-order valence-corrected chi connectivity index (χ4v) is 5.91. The van der Waals surface area contributed by atoms with Crippen LogP contribution in [-0.4, -0.2) is 52.5 Å². The molecular formula is C33H31F3N4O4Si-. The van der Waals surface area contributed by atoms with Crippen LogP contribution >= 0.6 is 0 Å². The molecule has 0 fully saturated rings. The fourth-order valence-electron chi connectivity index (χ4n) is 5.16. The predicted molar refractivity (Wildman–Crippen MR) is 166 cm³/mol. The zero-order chi connectivity index (χ0) is 31.9. The van der Waals surface area contributed by atoms with Crippen molar-refractivity contribution in [2.24, 2.45) is 0 Å². The number of nitrogens with zero attached hydrogens (tertiary/aromatic N) is 3. The van der Waals surface area contributed by atoms with Crippen molar-refractivity contribution >= 4 is 30.8 Å². The summed E-state index contributed by atoms with van der Waals surface area (Å²) in [5.74, 6) is -3.63. The molecular weight excluding hydrogens is 601 g/mol. The summed E-state index contributed by atoms with van der Waals surface area (Å²) in [6, 6.07) is 14.0. The van der Waals surface area contributed by atoms with Crippen LogP contribution in [0.2, 0.25) is 25.7 Å². The number of aromatic amines is 1. The number of ether oxygens (including phenoxy) is 2. The number of carbonyl (C=O) groups is 2. The van der Waals surface area contributed by atoms with E-state index in [-0.39, 0.29) is 54.0 Å². The van der Waals surface area contributed by atoms with Gasteiger partial charge in [0.05, 0.1) is 22.2 Å². The third kappa shape index (κ3) is 6.15. The predicted octanol–water partition coefficient (Wildman–Crippen LogP) is 7.39. The highest BCUT2D eigenvalue weighted by Crippen LogP contribution is 2.35. The van der Waals surface area contributed by atoms with Gasteiger partial charge in [0, 0.05) is 49.1 Å². The Bertz CT molecular complexity index is 1900. The van der Waals surface area contributed by atoms with Crippen LogP contribution < -0.4 is 4.74 Å². The van der Waals surface area contributed by atoms with Gasteiger partial charge in [0.2, 0.25) is 0 Å². The van der Waals surface area contributed by atoms with Crippen LogP contribution in [0.4, 0.5) is 13.2 Å². The number of rotatable bonds is 11. The first-order chi connectivity index (χ1) is 21.5. The molecule has 3 heterocycles. The normalized spacial score (nSPS) is 13.2. The number of imidazole rings is 1. The molecule has 6 rings (SSSR count). The average molecular weight is 633 g/mol. The van der Waals surface area contributed by atoms with Crippen LogP contribution in [0, 0.1) is 17.5 Å². The molecule has 233 valence electrons. The van der Waals surface area contributed by atoms with E-state index in [0.29, 0.717) is 28.9 Å². The lowest BCUT2D eigenvalue weighted by Gasteiger charge is -2.26. The van der Waals surface area contributed by atoms with Crippen LogP contribution in [0.15, 0.2) is 67.0 Å². The van der Waals surface area contributed by atoms with Crippen LogP contribution in [0.25, 0.3) is 22.3 Å². The number of hydrogen-bond donors (Lipinski definition) is 1. The van der Waals surface area contributed by atoms with Crippen molar-refractivity contribution in [2.45, 2.75) is 38.8 Å². The molecule has 12 heteroatoms. The van der Waals surface area contributed by atoms with Gasteiger partial charge in [-0.05, 0) is 36.4 Å². The largest absolute Gasteiger partial charge is 0.451 e. The molecule has 2 amide bonds. The first-order valence-corrected chi connectivity index (χ1v) is 18.2. The van der Waals surface area contributed by atoms with E-state index in [4.69, 9.17) is 9.47 Å². The maximum atomic E-state index is 15.5. The van der Waals surface area contributed by atoms with E-state index in [1.807, 2.05) is 0 Å². The van der Waals surface area contributed by atoms with Crippen molar-refractivity contribution in [2.75, 3.05) is 13.2 Å². The molecule has 45 heavy (non-hydrogen) atoms. The number of imide groups is 1. The Hall–Kier alpha value is -4.68. The Morgan fingerprint density at radius 2 is 1.64 bits per heavy atom. The minimum atomic E-state index is -1.27. The second-order valence-corrected chi connectivity index (χ2v) is 17.7. The van der Waals surface area contributed by atoms with Crippen LogP contribution in [0.5, 0.6) is 11.5 Å². The lowest BCUT2D eigenvalue weighted by molar-refractivity contribution is 0.0655. The van der Waals surface area contributed by atoms with Crippen molar-refractivity contribution in [1.29, 1.82) is 0 Å². The SMILES string of the molecule is C[Si-](C)(C)CCOCn1ccc2c(F)c(Oc3ccc(F)c(-c4ncc(CCN5C(=O)c6ccccc6C5=O)[nH]4)c3)c(F)cc21. The number of halogens is 3. The van der Waals surface area contributed by atoms with E-state index in [1.165, 1.54) is 30.5 Å². The van der Waals surface area contributed by atoms with Crippen molar-refractivity contribution in [3.63, 3.8) is 0 Å². The number of aromatic nitrogens is 3. The van der Waals surface area contributed by atoms with Crippen molar-refractivity contribution in [3.05, 3.63) is 101 Å². The smallest absolute Gasteiger partial charge is 0.261 e. The van der Waals surface area contributed by atoms with Crippen LogP contribution in [0.1, 0.15) is 26.4 Å². The molecule has 0 atom stereocenters. The Morgan fingerprint density at radius 3 is 2.36 bits per heavy atom. The average Bonchev–Trinajstić information content (AvgIpc) is 3.70. The first kappa shape index (κ1) is 30.3. The first-order valence-electron chi connectivity index (χ1n) is 14.5. The highest BCUT2D eigenvalue weighted by atomic mass is 28.3. The molecule has 0 aliphatic carbocycles. The second-order valence-electron chi connectivity index (χ2n) is 12.1. The minimum absolute atomic E-state index is 0.00152. The van der Waals surface area contributed by atoms with Gasteiger partial charge in [-0.15, -0.1) is 14.1 Å². The summed E-state index contributed by atoms with van der Waals surface area (Å²) in [4.78, 5) is 33.7. The third-order valence-electron chi connectivity index (χ3n) is 7.67. The van der Waals surface area contributed by atoms with E-state index < -0.39 is 31.3 Å². The molecule has 3 aromatic carbocycles. The second kappa shape index (κ2) is 12.0. The van der Waals surface area contributed by atoms with E-state index in [1.54, 1.807) is 35.0 Å². The van der Waals surface area contributed by atoms with Crippen molar-refractivity contribution in [3.8, 4) is 22.9 Å². The van der Waals surface area contributed by atoms with E-state index >= 15 is 8.78 Å². The molecule has 2 aromatic heterocycles. The van der Waals surface area contributed by atoms with Gasteiger partial charge in [-0.3, -0.25) is 14.5 Å². The number of carbonyl (C=O) groups excluding carboxylic acids is 2. The van der Waals surface area contributed by atoms with Crippen LogP contribution in [-0.2, 0) is 17.9 Å². The number of amides is 2. The lowest BCUT2D eigenvalue weighted by Crippen LogP contribution is -2.31. The highest BCUT2D eigenvalue weighted by molar-refractivity contribution is 6.76. The van der Waals surface area contributed by atoms with Gasteiger partial charge in [-0.25, -0.2) is 18.2 Å². The monoisotopic (exact) mass is 632 g/mol. The molecule has 0 saturated heterocycles. The Balaban J connectivity index is 1.16. The molecule has 0 unspecified atom stereocenters. The summed E-state index contributed by atoms with van der Waals surface area (Å²) in [5, 5.41) is 0.163. The maximum Gasteiger partial charge on any atom is 0.261 e. The van der Waals surface area contributed by atoms with Gasteiger partial charge < -0.3 is 19.0 Å². The number of H-pyrrole nitrogens is 1. The van der Waals surface area contributed by atoms with E-state index in [9.17, 15) is 14.0 Å². The summed E-state index contributed by atoms with van der Waals surface area (Å²) >= 11 is 0. The fraction of sp³-hybridized carbons (Fsp3) is 0.242. The van der Waals surface area contributed by atoms with Gasteiger partial charge >= 0.3 is 0 Å². The summed E-state index contributed by atoms with van der Waals surface area (Å²) in [6.07, 6.45) is 3.37. The van der Waals surface area contributed by atoms with Gasteiger partial charge in [-0.2, -0.15) is 19.6 Å². The van der Waals surface area contributed by atoms with Gasteiger partial charge in [0.25, 0.3) is 11.8 Å². The standard InChI is InChI=1S/C33H31F3N4O4Si/c1-45(2,3)15-14-43-19-39-12-11-24-28(39)17-27(35)30(29(24)36)44-21-8-9-26(34)25(16-21)31-37-18-20(38-31)10-13-40-32(41)22-6-4-5-7-23(22)33(40)42/h4-9,11-12,16-18H,10,13-15,19H2,1-3H3,(H,37,38)/q-1. The molecule has 1 aliphatic heterocycles. The lowest BCUT2D eigenvalue weighted by atomic mass is 10.1. The topological polar surface area (TPSA) is 89.4 Å². The Kier molecular flexibility index (Phi) is 8.10. The number of fused-ring (bicyclic) bond motifs is 2. The van der Waals surface area contributed by atoms with Crippen molar-refractivity contribution < 1.29 is 32.2 Å². The molecule has 0 bridgehead atoms. The molecule has 0 spiro atoms. The number of hydrogen-bond acceptors (Lipinski definition) is 5. The third-order valence-corrected chi connectivity index (χ3v) is 9.38. The number of benzene rings is 3. The Labute approximate surface area is 258 Å². The molecule has 8 nitrogen and oxygen atoms in total. The summed E-state index contributed by atoms with van der Waals surface area (Å²) < 4.78 is 58.5. The molecule has 0 radical (unpaired) electrons. The van der Waals surface area contributed by atoms with Gasteiger partial charge in [0.1, 0.15) is 24.1 Å². The van der Waals surface area contributed by atoms with Gasteiger partial charge in [0.15, 0.2) is 17.4 Å². The quantitative estimate of drug-likeness (QED) is 0.0932. The minimum Gasteiger partial charge on any atom is -0.451 e. The Morgan fingerprint density at radius 1 is 0.911 bits per heavy atom. The van der Waals surface area contributed by atoms with Crippen LogP contribution in [0.3, 0.4) is 0 Å². The van der Waals surface area contributed by atoms with E-state index in [0.717, 1.165) is 17.0 Å². The molecule has 0 saturated carbocycles. The molecule has 1 aliphatic rings. The van der Waals surface area contributed by atoms with Crippen molar-refractivity contribution in [1.82, 2.24) is 19.4 Å². The number of nitrogens with one attached hydrogen (secondary N) is 1. The molecule has 5 aromatic rings. The maximum absolute atomic E-state index is 15.5. The summed E-state index contributed by atoms with van der Waals surface area (Å²) in [5.41, 5.74) is 1.62. The zero-order valence-electron chi connectivity index (χ0n) is 25.0. The molecule has 1 N–H and O–H groups in total.